The summed E-state index contributed by atoms with van der Waals surface area (Å²) in [6.07, 6.45) is 2.35. The molecule has 0 aliphatic heterocycles. The van der Waals surface area contributed by atoms with Crippen LogP contribution >= 0.6 is 0 Å². The van der Waals surface area contributed by atoms with Gasteiger partial charge in [0.15, 0.2) is 0 Å². The second-order valence-corrected chi connectivity index (χ2v) is 12.2. The lowest BCUT2D eigenvalue weighted by atomic mass is 9.94. The van der Waals surface area contributed by atoms with Gasteiger partial charge < -0.3 is 4.57 Å². The molecule has 0 N–H and O–H groups in total. The van der Waals surface area contributed by atoms with E-state index < -0.39 is 0 Å². The van der Waals surface area contributed by atoms with Gasteiger partial charge in [0, 0.05) is 22.8 Å². The van der Waals surface area contributed by atoms with Crippen molar-refractivity contribution < 1.29 is 0 Å². The summed E-state index contributed by atoms with van der Waals surface area (Å²) in [5.74, 6) is 0. The molecule has 220 valence electrons. The Morgan fingerprint density at radius 1 is 0.298 bits per heavy atom. The van der Waals surface area contributed by atoms with Gasteiger partial charge >= 0.3 is 0 Å². The Morgan fingerprint density at radius 2 is 0.830 bits per heavy atom. The Bertz CT molecular complexity index is 2490. The molecule has 8 aromatic carbocycles. The Labute approximate surface area is 274 Å². The normalized spacial score (nSPS) is 11.4. The van der Waals surface area contributed by atoms with Crippen molar-refractivity contribution in [3.8, 4) is 50.2 Å². The van der Waals surface area contributed by atoms with E-state index in [0.717, 1.165) is 5.69 Å². The molecule has 0 unspecified atom stereocenters. The third-order valence-electron chi connectivity index (χ3n) is 9.40. The summed E-state index contributed by atoms with van der Waals surface area (Å²) in [5, 5.41) is 6.26. The van der Waals surface area contributed by atoms with E-state index in [0.29, 0.717) is 0 Å². The van der Waals surface area contributed by atoms with Gasteiger partial charge in [-0.2, -0.15) is 0 Å². The van der Waals surface area contributed by atoms with Crippen LogP contribution in [0, 0.1) is 0 Å². The molecule has 9 aromatic rings. The maximum absolute atomic E-state index is 2.39. The van der Waals surface area contributed by atoms with Gasteiger partial charge in [0.1, 0.15) is 0 Å². The van der Waals surface area contributed by atoms with Crippen molar-refractivity contribution in [2.75, 3.05) is 0 Å². The molecule has 0 bridgehead atoms. The van der Waals surface area contributed by atoms with Gasteiger partial charge in [-0.15, -0.1) is 0 Å². The smallest absolute Gasteiger partial charge is 0.0535 e. The molecule has 1 nitrogen and oxygen atoms in total. The predicted molar refractivity (Wildman–Crippen MR) is 200 cm³/mol. The van der Waals surface area contributed by atoms with E-state index in [1.54, 1.807) is 0 Å². The highest BCUT2D eigenvalue weighted by molar-refractivity contribution is 6.08. The molecule has 0 atom stereocenters. The van der Waals surface area contributed by atoms with Crippen LogP contribution < -0.4 is 0 Å². The summed E-state index contributed by atoms with van der Waals surface area (Å²) in [6, 6.07) is 66.0. The Kier molecular flexibility index (Phi) is 6.54. The fourth-order valence-electron chi connectivity index (χ4n) is 7.11. The van der Waals surface area contributed by atoms with Gasteiger partial charge in [-0.3, -0.25) is 0 Å². The first-order valence-electron chi connectivity index (χ1n) is 16.2. The highest BCUT2D eigenvalue weighted by Gasteiger charge is 2.17. The standard InChI is InChI=1S/C46H31N/c1-3-13-32(14-4-1)37-27-38(33-15-5-2-6-16-33)29-39(28-37)47-31-45(43-24-12-20-35-18-8-10-22-41(35)43)44-30-36(25-26-46(44)47)42-23-11-19-34-17-7-9-21-40(34)42/h1-31H. The lowest BCUT2D eigenvalue weighted by Gasteiger charge is -2.13. The Hall–Kier alpha value is -6.18. The lowest BCUT2D eigenvalue weighted by molar-refractivity contribution is 1.13. The molecule has 1 aromatic heterocycles. The van der Waals surface area contributed by atoms with Gasteiger partial charge in [-0.05, 0) is 90.8 Å². The molecule has 0 saturated heterocycles. The maximum atomic E-state index is 2.39. The highest BCUT2D eigenvalue weighted by atomic mass is 15.0. The third-order valence-corrected chi connectivity index (χ3v) is 9.40. The van der Waals surface area contributed by atoms with Gasteiger partial charge in [-0.1, -0.05) is 152 Å². The summed E-state index contributed by atoms with van der Waals surface area (Å²) in [7, 11) is 0. The topological polar surface area (TPSA) is 4.93 Å². The van der Waals surface area contributed by atoms with Gasteiger partial charge in [0.2, 0.25) is 0 Å². The number of nitrogens with zero attached hydrogens (tertiary/aromatic N) is 1. The Balaban J connectivity index is 1.33. The first kappa shape index (κ1) is 27.2. The van der Waals surface area contributed by atoms with Crippen molar-refractivity contribution in [2.24, 2.45) is 0 Å². The lowest BCUT2D eigenvalue weighted by Crippen LogP contribution is -1.94. The van der Waals surface area contributed by atoms with Crippen molar-refractivity contribution in [2.45, 2.75) is 0 Å². The van der Waals surface area contributed by atoms with Crippen LogP contribution in [0.3, 0.4) is 0 Å². The fourth-order valence-corrected chi connectivity index (χ4v) is 7.11. The van der Waals surface area contributed by atoms with Crippen LogP contribution in [-0.2, 0) is 0 Å². The molecule has 1 heteroatoms. The van der Waals surface area contributed by atoms with E-state index in [1.165, 1.54) is 77.0 Å². The first-order chi connectivity index (χ1) is 23.3. The monoisotopic (exact) mass is 597 g/mol. The fraction of sp³-hybridized carbons (Fsp3) is 0. The van der Waals surface area contributed by atoms with Crippen LogP contribution in [0.15, 0.2) is 188 Å². The summed E-state index contributed by atoms with van der Waals surface area (Å²) in [4.78, 5) is 0. The molecule has 0 spiro atoms. The average molecular weight is 598 g/mol. The van der Waals surface area contributed by atoms with Crippen molar-refractivity contribution in [3.05, 3.63) is 188 Å². The van der Waals surface area contributed by atoms with Crippen molar-refractivity contribution in [3.63, 3.8) is 0 Å². The van der Waals surface area contributed by atoms with E-state index in [-0.39, 0.29) is 0 Å². The van der Waals surface area contributed by atoms with E-state index in [2.05, 4.69) is 193 Å². The largest absolute Gasteiger partial charge is 0.316 e. The van der Waals surface area contributed by atoms with Gasteiger partial charge in [-0.25, -0.2) is 0 Å². The van der Waals surface area contributed by atoms with E-state index in [4.69, 9.17) is 0 Å². The average Bonchev–Trinajstić information content (AvgIpc) is 3.53. The minimum atomic E-state index is 1.14. The van der Waals surface area contributed by atoms with Crippen LogP contribution in [0.1, 0.15) is 0 Å². The SMILES string of the molecule is c1ccc(-c2cc(-c3ccccc3)cc(-n3cc(-c4cccc5ccccc45)c4cc(-c5cccc6ccccc56)ccc43)c2)cc1. The summed E-state index contributed by atoms with van der Waals surface area (Å²) in [6.45, 7) is 0. The molecule has 1 heterocycles. The van der Waals surface area contributed by atoms with Crippen molar-refractivity contribution in [1.29, 1.82) is 0 Å². The molecule has 0 radical (unpaired) electrons. The molecular formula is C46H31N. The molecule has 0 aliphatic rings. The molecule has 47 heavy (non-hydrogen) atoms. The van der Waals surface area contributed by atoms with Crippen LogP contribution in [0.25, 0.3) is 82.6 Å². The first-order valence-corrected chi connectivity index (χ1v) is 16.2. The molecule has 9 rings (SSSR count). The van der Waals surface area contributed by atoms with Crippen LogP contribution in [0.5, 0.6) is 0 Å². The quantitative estimate of drug-likeness (QED) is 0.186. The number of aromatic nitrogens is 1. The molecule has 0 fully saturated rings. The summed E-state index contributed by atoms with van der Waals surface area (Å²) >= 11 is 0. The van der Waals surface area contributed by atoms with Crippen LogP contribution in [0.2, 0.25) is 0 Å². The molecule has 0 aliphatic carbocycles. The van der Waals surface area contributed by atoms with Crippen LogP contribution in [0.4, 0.5) is 0 Å². The maximum Gasteiger partial charge on any atom is 0.0535 e. The third kappa shape index (κ3) is 4.81. The Morgan fingerprint density at radius 3 is 1.47 bits per heavy atom. The second-order valence-electron chi connectivity index (χ2n) is 12.2. The summed E-state index contributed by atoms with van der Waals surface area (Å²) in [5.41, 5.74) is 12.1. The minimum Gasteiger partial charge on any atom is -0.316 e. The molecule has 0 saturated carbocycles. The molecular weight excluding hydrogens is 567 g/mol. The van der Waals surface area contributed by atoms with Crippen molar-refractivity contribution in [1.82, 2.24) is 4.57 Å². The van der Waals surface area contributed by atoms with Gasteiger partial charge in [0.05, 0.1) is 5.52 Å². The summed E-state index contributed by atoms with van der Waals surface area (Å²) < 4.78 is 2.39. The zero-order chi connectivity index (χ0) is 31.2. The molecule has 0 amide bonds. The van der Waals surface area contributed by atoms with Crippen LogP contribution in [-0.4, -0.2) is 4.57 Å². The zero-order valence-corrected chi connectivity index (χ0v) is 25.8. The van der Waals surface area contributed by atoms with E-state index in [9.17, 15) is 0 Å². The predicted octanol–water partition coefficient (Wildman–Crippen LogP) is 12.6. The number of fused-ring (bicyclic) bond motifs is 3. The number of rotatable bonds is 5. The number of hydrogen-bond acceptors (Lipinski definition) is 0. The highest BCUT2D eigenvalue weighted by Crippen LogP contribution is 2.40. The van der Waals surface area contributed by atoms with Gasteiger partial charge in [0.25, 0.3) is 0 Å². The number of hydrogen-bond donors (Lipinski definition) is 0. The minimum absolute atomic E-state index is 1.14. The van der Waals surface area contributed by atoms with Crippen molar-refractivity contribution >= 4 is 32.4 Å². The second kappa shape index (κ2) is 11.3. The number of benzene rings is 8. The zero-order valence-electron chi connectivity index (χ0n) is 25.8. The van der Waals surface area contributed by atoms with E-state index >= 15 is 0 Å². The van der Waals surface area contributed by atoms with E-state index in [1.807, 2.05) is 0 Å².